The summed E-state index contributed by atoms with van der Waals surface area (Å²) in [4.78, 5) is 42.1. The van der Waals surface area contributed by atoms with Gasteiger partial charge in [0.15, 0.2) is 0 Å². The number of hydrogen-bond acceptors (Lipinski definition) is 4. The average Bonchev–Trinajstić information content (AvgIpc) is 3.52. The highest BCUT2D eigenvalue weighted by atomic mass is 16.6. The van der Waals surface area contributed by atoms with Crippen molar-refractivity contribution >= 4 is 17.9 Å². The normalized spacial score (nSPS) is 18.5. The number of alkyl carbamates (subject to hydrolysis) is 1. The molecule has 0 heterocycles. The SMILES string of the molecule is C#Cc1ccccc1C(C(=O)NCCCCC)N(C(=O)C(NC(=O)OC(C)(C)C)C(C)C)C1CC1C. The summed E-state index contributed by atoms with van der Waals surface area (Å²) in [5.74, 6) is 2.11. The van der Waals surface area contributed by atoms with Crippen molar-refractivity contribution in [2.75, 3.05) is 6.54 Å². The predicted molar refractivity (Wildman–Crippen MR) is 142 cm³/mol. The minimum atomic E-state index is -0.900. The fourth-order valence-corrected chi connectivity index (χ4v) is 4.25. The average molecular weight is 498 g/mol. The van der Waals surface area contributed by atoms with E-state index >= 15 is 0 Å². The van der Waals surface area contributed by atoms with Gasteiger partial charge in [-0.05, 0) is 57.1 Å². The molecule has 1 saturated carbocycles. The van der Waals surface area contributed by atoms with Crippen LogP contribution in [-0.2, 0) is 14.3 Å². The lowest BCUT2D eigenvalue weighted by molar-refractivity contribution is -0.144. The summed E-state index contributed by atoms with van der Waals surface area (Å²) < 4.78 is 5.42. The van der Waals surface area contributed by atoms with Gasteiger partial charge in [0, 0.05) is 18.2 Å². The van der Waals surface area contributed by atoms with Gasteiger partial charge in [0.25, 0.3) is 0 Å². The highest BCUT2D eigenvalue weighted by molar-refractivity contribution is 5.93. The quantitative estimate of drug-likeness (QED) is 0.340. The monoisotopic (exact) mass is 497 g/mol. The van der Waals surface area contributed by atoms with Gasteiger partial charge in [0.05, 0.1) is 0 Å². The zero-order valence-electron chi connectivity index (χ0n) is 22.9. The molecular formula is C29H43N3O4. The van der Waals surface area contributed by atoms with Crippen molar-refractivity contribution in [1.29, 1.82) is 0 Å². The van der Waals surface area contributed by atoms with Gasteiger partial charge in [-0.25, -0.2) is 4.79 Å². The summed E-state index contributed by atoms with van der Waals surface area (Å²) in [5, 5.41) is 5.79. The first-order valence-electron chi connectivity index (χ1n) is 13.1. The Balaban J connectivity index is 2.48. The standard InChI is InChI=1S/C29H43N3O4/c1-9-11-14-17-30-26(33)25(22-16-13-12-15-21(22)10-2)32(23-18-20(23)5)27(34)24(19(3)4)31-28(35)36-29(6,7)8/h2,12-13,15-16,19-20,23-25H,9,11,14,17-18H2,1,3-8H3,(H,30,33)(H,31,35). The zero-order chi connectivity index (χ0) is 27.0. The number of carbonyl (C=O) groups is 3. The topological polar surface area (TPSA) is 87.7 Å². The number of unbranched alkanes of at least 4 members (excludes halogenated alkanes) is 2. The summed E-state index contributed by atoms with van der Waals surface area (Å²) in [5.41, 5.74) is 0.477. The molecule has 0 aliphatic heterocycles. The first kappa shape index (κ1) is 29.2. The largest absolute Gasteiger partial charge is 0.444 e. The van der Waals surface area contributed by atoms with Crippen LogP contribution in [0.2, 0.25) is 0 Å². The van der Waals surface area contributed by atoms with Crippen molar-refractivity contribution in [3.63, 3.8) is 0 Å². The van der Waals surface area contributed by atoms with Gasteiger partial charge in [-0.3, -0.25) is 9.59 Å². The van der Waals surface area contributed by atoms with Crippen LogP contribution in [0.5, 0.6) is 0 Å². The molecule has 0 saturated heterocycles. The fraction of sp³-hybridized carbons (Fsp3) is 0.621. The van der Waals surface area contributed by atoms with E-state index in [1.54, 1.807) is 31.7 Å². The van der Waals surface area contributed by atoms with E-state index in [1.165, 1.54) is 0 Å². The lowest BCUT2D eigenvalue weighted by atomic mass is 9.95. The van der Waals surface area contributed by atoms with E-state index in [0.29, 0.717) is 17.7 Å². The van der Waals surface area contributed by atoms with E-state index in [2.05, 4.69) is 30.4 Å². The molecule has 2 rings (SSSR count). The van der Waals surface area contributed by atoms with Crippen LogP contribution in [0, 0.1) is 24.2 Å². The Hall–Kier alpha value is -3.01. The molecule has 1 aromatic carbocycles. The maximum atomic E-state index is 14.1. The van der Waals surface area contributed by atoms with E-state index < -0.39 is 23.8 Å². The van der Waals surface area contributed by atoms with Crippen LogP contribution in [0.25, 0.3) is 0 Å². The summed E-state index contributed by atoms with van der Waals surface area (Å²) in [6, 6.07) is 5.35. The summed E-state index contributed by atoms with van der Waals surface area (Å²) >= 11 is 0. The van der Waals surface area contributed by atoms with E-state index in [9.17, 15) is 14.4 Å². The molecule has 1 aromatic rings. The van der Waals surface area contributed by atoms with Crippen LogP contribution in [-0.4, -0.2) is 47.0 Å². The van der Waals surface area contributed by atoms with Gasteiger partial charge < -0.3 is 20.3 Å². The van der Waals surface area contributed by atoms with Gasteiger partial charge in [-0.1, -0.05) is 64.7 Å². The number of rotatable bonds is 11. The first-order valence-corrected chi connectivity index (χ1v) is 13.1. The molecule has 2 N–H and O–H groups in total. The first-order chi connectivity index (χ1) is 16.9. The molecule has 0 spiro atoms. The molecule has 1 fully saturated rings. The highest BCUT2D eigenvalue weighted by Gasteiger charge is 2.49. The third-order valence-electron chi connectivity index (χ3n) is 6.30. The molecule has 198 valence electrons. The Bertz CT molecular complexity index is 960. The van der Waals surface area contributed by atoms with E-state index in [1.807, 2.05) is 32.0 Å². The number of amides is 3. The molecule has 4 atom stereocenters. The van der Waals surface area contributed by atoms with Crippen molar-refractivity contribution in [2.24, 2.45) is 11.8 Å². The molecule has 0 aromatic heterocycles. The molecular weight excluding hydrogens is 454 g/mol. The molecule has 36 heavy (non-hydrogen) atoms. The number of ether oxygens (including phenoxy) is 1. The van der Waals surface area contributed by atoms with Crippen molar-refractivity contribution in [3.05, 3.63) is 35.4 Å². The van der Waals surface area contributed by atoms with Gasteiger partial charge in [-0.2, -0.15) is 0 Å². The van der Waals surface area contributed by atoms with Crippen LogP contribution in [0.3, 0.4) is 0 Å². The van der Waals surface area contributed by atoms with Crippen LogP contribution < -0.4 is 10.6 Å². The summed E-state index contributed by atoms with van der Waals surface area (Å²) in [6.07, 6.45) is 8.81. The molecule has 0 bridgehead atoms. The van der Waals surface area contributed by atoms with Crippen LogP contribution >= 0.6 is 0 Å². The number of nitrogens with zero attached hydrogens (tertiary/aromatic N) is 1. The van der Waals surface area contributed by atoms with Crippen LogP contribution in [0.15, 0.2) is 24.3 Å². The summed E-state index contributed by atoms with van der Waals surface area (Å²) in [6.45, 7) is 13.7. The Morgan fingerprint density at radius 2 is 1.83 bits per heavy atom. The van der Waals surface area contributed by atoms with Crippen molar-refractivity contribution in [1.82, 2.24) is 15.5 Å². The molecule has 1 aliphatic carbocycles. The number of carbonyl (C=O) groups excluding carboxylic acids is 3. The highest BCUT2D eigenvalue weighted by Crippen LogP contribution is 2.41. The zero-order valence-corrected chi connectivity index (χ0v) is 22.9. The molecule has 4 unspecified atom stereocenters. The summed E-state index contributed by atoms with van der Waals surface area (Å²) in [7, 11) is 0. The van der Waals surface area contributed by atoms with E-state index in [4.69, 9.17) is 11.2 Å². The van der Waals surface area contributed by atoms with Crippen molar-refractivity contribution in [3.8, 4) is 12.3 Å². The molecule has 1 aliphatic rings. The van der Waals surface area contributed by atoms with Crippen LogP contribution in [0.1, 0.15) is 91.3 Å². The smallest absolute Gasteiger partial charge is 0.408 e. The Morgan fingerprint density at radius 3 is 2.36 bits per heavy atom. The van der Waals surface area contributed by atoms with Crippen molar-refractivity contribution < 1.29 is 19.1 Å². The van der Waals surface area contributed by atoms with Crippen LogP contribution in [0.4, 0.5) is 4.79 Å². The van der Waals surface area contributed by atoms with Crippen molar-refractivity contribution in [2.45, 2.75) is 97.9 Å². The van der Waals surface area contributed by atoms with Gasteiger partial charge in [-0.15, -0.1) is 6.42 Å². The number of nitrogens with one attached hydrogen (secondary N) is 2. The molecule has 3 amide bonds. The van der Waals surface area contributed by atoms with Gasteiger partial charge in [0.2, 0.25) is 11.8 Å². The lowest BCUT2D eigenvalue weighted by Crippen LogP contribution is -2.56. The van der Waals surface area contributed by atoms with Gasteiger partial charge >= 0.3 is 6.09 Å². The minimum absolute atomic E-state index is 0.128. The molecule has 7 heteroatoms. The Kier molecular flexibility index (Phi) is 10.4. The van der Waals surface area contributed by atoms with E-state index in [-0.39, 0.29) is 29.7 Å². The molecule has 7 nitrogen and oxygen atoms in total. The second-order valence-corrected chi connectivity index (χ2v) is 11.0. The number of benzene rings is 1. The third kappa shape index (κ3) is 8.01. The van der Waals surface area contributed by atoms with Gasteiger partial charge in [0.1, 0.15) is 17.7 Å². The third-order valence-corrected chi connectivity index (χ3v) is 6.30. The predicted octanol–water partition coefficient (Wildman–Crippen LogP) is 4.80. The minimum Gasteiger partial charge on any atom is -0.444 e. The van der Waals surface area contributed by atoms with E-state index in [0.717, 1.165) is 25.7 Å². The number of hydrogen-bond donors (Lipinski definition) is 2. The Labute approximate surface area is 216 Å². The fourth-order valence-electron chi connectivity index (χ4n) is 4.25. The second kappa shape index (κ2) is 12.8. The maximum absolute atomic E-state index is 14.1. The Morgan fingerprint density at radius 1 is 1.19 bits per heavy atom. The number of terminal acetylenes is 1. The lowest BCUT2D eigenvalue weighted by Gasteiger charge is -2.36. The second-order valence-electron chi connectivity index (χ2n) is 11.0. The molecule has 0 radical (unpaired) electrons. The maximum Gasteiger partial charge on any atom is 0.408 e.